The molecule has 4 nitrogen and oxygen atoms in total. The van der Waals surface area contributed by atoms with E-state index in [0.29, 0.717) is 0 Å². The van der Waals surface area contributed by atoms with E-state index in [0.717, 1.165) is 30.5 Å². The van der Waals surface area contributed by atoms with Crippen molar-refractivity contribution >= 4 is 33.2 Å². The van der Waals surface area contributed by atoms with Gasteiger partial charge in [-0.05, 0) is 68.5 Å². The van der Waals surface area contributed by atoms with Crippen LogP contribution >= 0.6 is 11.3 Å². The molecule has 4 rings (SSSR count). The van der Waals surface area contributed by atoms with Crippen LogP contribution in [0.2, 0.25) is 0 Å². The smallest absolute Gasteiger partial charge is 0.328 e. The highest BCUT2D eigenvalue weighted by atomic mass is 32.1. The number of amides is 2. The number of fused-ring (bicyclic) bond motifs is 1. The molecule has 1 unspecified atom stereocenters. The lowest BCUT2D eigenvalue weighted by Gasteiger charge is -2.37. The van der Waals surface area contributed by atoms with E-state index >= 15 is 0 Å². The zero-order valence-corrected chi connectivity index (χ0v) is 20.5. The number of rotatable bonds is 6. The Bertz CT molecular complexity index is 1130. The van der Waals surface area contributed by atoms with E-state index in [1.165, 1.54) is 15.6 Å². The molecule has 3 aromatic rings. The molecule has 0 radical (unpaired) electrons. The van der Waals surface area contributed by atoms with Crippen LogP contribution in [-0.4, -0.2) is 22.3 Å². The molecule has 0 saturated heterocycles. The second kappa shape index (κ2) is 8.70. The Hall–Kier alpha value is -2.66. The Morgan fingerprint density at radius 3 is 2.53 bits per heavy atom. The molecule has 2 heterocycles. The molecule has 5 heteroatoms. The minimum atomic E-state index is -0.499. The van der Waals surface area contributed by atoms with Crippen molar-refractivity contribution in [3.63, 3.8) is 0 Å². The highest BCUT2D eigenvalue weighted by Crippen LogP contribution is 2.45. The predicted molar refractivity (Wildman–Crippen MR) is 135 cm³/mol. The largest absolute Gasteiger partial charge is 0.339 e. The van der Waals surface area contributed by atoms with Crippen molar-refractivity contribution in [1.29, 1.82) is 0 Å². The number of urea groups is 1. The molecule has 0 bridgehead atoms. The van der Waals surface area contributed by atoms with Crippen LogP contribution in [0.1, 0.15) is 70.9 Å². The zero-order valence-electron chi connectivity index (χ0n) is 19.7. The maximum atomic E-state index is 13.6. The van der Waals surface area contributed by atoms with Gasteiger partial charge in [0.15, 0.2) is 0 Å². The van der Waals surface area contributed by atoms with Gasteiger partial charge < -0.3 is 5.32 Å². The van der Waals surface area contributed by atoms with Gasteiger partial charge in [0.25, 0.3) is 0 Å². The minimum Gasteiger partial charge on any atom is -0.328 e. The third-order valence-electron chi connectivity index (χ3n) is 6.53. The normalized spacial score (nSPS) is 18.1. The molecule has 0 spiro atoms. The van der Waals surface area contributed by atoms with Crippen LogP contribution in [-0.2, 0) is 5.54 Å². The molecule has 1 aliphatic rings. The van der Waals surface area contributed by atoms with Crippen molar-refractivity contribution in [2.75, 3.05) is 0 Å². The van der Waals surface area contributed by atoms with Gasteiger partial charge in [0.2, 0.25) is 0 Å². The molecule has 0 aliphatic carbocycles. The van der Waals surface area contributed by atoms with E-state index in [2.05, 4.69) is 55.7 Å². The lowest BCUT2D eigenvalue weighted by Crippen LogP contribution is -2.53. The van der Waals surface area contributed by atoms with Crippen LogP contribution in [0.5, 0.6) is 0 Å². The van der Waals surface area contributed by atoms with Crippen LogP contribution in [0.25, 0.3) is 10.1 Å². The van der Waals surface area contributed by atoms with Gasteiger partial charge in [-0.1, -0.05) is 61.9 Å². The molecule has 168 valence electrons. The fourth-order valence-corrected chi connectivity index (χ4v) is 5.72. The van der Waals surface area contributed by atoms with E-state index in [9.17, 15) is 4.79 Å². The summed E-state index contributed by atoms with van der Waals surface area (Å²) in [6.45, 7) is 10.6. The Morgan fingerprint density at radius 1 is 1.12 bits per heavy atom. The molecule has 1 atom stereocenters. The monoisotopic (exact) mass is 447 g/mol. The Morgan fingerprint density at radius 2 is 1.81 bits per heavy atom. The minimum absolute atomic E-state index is 0.0794. The number of carbonyl (C=O) groups is 1. The molecular weight excluding hydrogens is 414 g/mol. The molecule has 32 heavy (non-hydrogen) atoms. The molecule has 0 fully saturated rings. The number of hydrazone groups is 1. The van der Waals surface area contributed by atoms with Gasteiger partial charge in [0, 0.05) is 10.4 Å². The van der Waals surface area contributed by atoms with Crippen molar-refractivity contribution in [2.45, 2.75) is 70.9 Å². The summed E-state index contributed by atoms with van der Waals surface area (Å²) >= 11 is 1.77. The number of benzene rings is 2. The first-order chi connectivity index (χ1) is 15.3. The molecule has 1 aliphatic heterocycles. The summed E-state index contributed by atoms with van der Waals surface area (Å²) in [5.74, 6) is 0.0794. The SMILES string of the molecule is CCCCC1=NN(C(=O)NC(C)(C)c2ccccc2)C(C)(C)C1c1csc2ccccc12. The maximum absolute atomic E-state index is 13.6. The summed E-state index contributed by atoms with van der Waals surface area (Å²) in [6.07, 6.45) is 3.07. The average Bonchev–Trinajstić information content (AvgIpc) is 3.30. The fourth-order valence-electron chi connectivity index (χ4n) is 4.73. The first-order valence-electron chi connectivity index (χ1n) is 11.5. The summed E-state index contributed by atoms with van der Waals surface area (Å²) in [5, 5.41) is 13.4. The van der Waals surface area contributed by atoms with Crippen LogP contribution in [0, 0.1) is 0 Å². The second-order valence-electron chi connectivity index (χ2n) is 9.70. The van der Waals surface area contributed by atoms with Crippen molar-refractivity contribution in [2.24, 2.45) is 5.10 Å². The molecular formula is C27H33N3OS. The van der Waals surface area contributed by atoms with E-state index in [-0.39, 0.29) is 11.9 Å². The van der Waals surface area contributed by atoms with Crippen LogP contribution < -0.4 is 5.32 Å². The Balaban J connectivity index is 1.68. The highest BCUT2D eigenvalue weighted by molar-refractivity contribution is 7.17. The van der Waals surface area contributed by atoms with Crippen LogP contribution in [0.15, 0.2) is 65.1 Å². The topological polar surface area (TPSA) is 44.7 Å². The van der Waals surface area contributed by atoms with E-state index < -0.39 is 11.1 Å². The predicted octanol–water partition coefficient (Wildman–Crippen LogP) is 7.27. The Kier molecular flexibility index (Phi) is 6.13. The average molecular weight is 448 g/mol. The quantitative estimate of drug-likeness (QED) is 0.424. The fraction of sp³-hybridized carbons (Fsp3) is 0.407. The summed E-state index contributed by atoms with van der Waals surface area (Å²) < 4.78 is 1.28. The van der Waals surface area contributed by atoms with Gasteiger partial charge in [-0.3, -0.25) is 0 Å². The number of unbranched alkanes of at least 4 members (excludes halogenated alkanes) is 1. The molecule has 2 amide bonds. The van der Waals surface area contributed by atoms with Gasteiger partial charge in [0.1, 0.15) is 0 Å². The van der Waals surface area contributed by atoms with Gasteiger partial charge in [-0.2, -0.15) is 5.10 Å². The van der Waals surface area contributed by atoms with Gasteiger partial charge >= 0.3 is 6.03 Å². The van der Waals surface area contributed by atoms with Crippen molar-refractivity contribution in [1.82, 2.24) is 10.3 Å². The number of carbonyl (C=O) groups excluding carboxylic acids is 1. The van der Waals surface area contributed by atoms with E-state index in [1.54, 1.807) is 16.3 Å². The van der Waals surface area contributed by atoms with E-state index in [1.807, 2.05) is 44.2 Å². The van der Waals surface area contributed by atoms with Crippen molar-refractivity contribution in [3.8, 4) is 0 Å². The maximum Gasteiger partial charge on any atom is 0.339 e. The zero-order chi connectivity index (χ0) is 22.9. The molecule has 0 saturated carbocycles. The van der Waals surface area contributed by atoms with Crippen molar-refractivity contribution < 1.29 is 4.79 Å². The molecule has 2 aromatic carbocycles. The second-order valence-corrected chi connectivity index (χ2v) is 10.6. The Labute approximate surface area is 195 Å². The standard InChI is InChI=1S/C27H33N3OS/c1-6-7-16-22-24(21-18-32-23-17-12-11-15-20(21)23)27(4,5)30(29-22)25(31)28-26(2,3)19-13-9-8-10-14-19/h8-15,17-18,24H,6-7,16H2,1-5H3,(H,28,31). The summed E-state index contributed by atoms with van der Waals surface area (Å²) in [4.78, 5) is 13.6. The van der Waals surface area contributed by atoms with Gasteiger partial charge in [-0.15, -0.1) is 11.3 Å². The first kappa shape index (κ1) is 22.5. The summed E-state index contributed by atoms with van der Waals surface area (Å²) in [6, 6.07) is 18.5. The summed E-state index contributed by atoms with van der Waals surface area (Å²) in [7, 11) is 0. The number of hydrogen-bond acceptors (Lipinski definition) is 3. The third kappa shape index (κ3) is 4.06. The van der Waals surface area contributed by atoms with Crippen molar-refractivity contribution in [3.05, 3.63) is 71.1 Å². The van der Waals surface area contributed by atoms with Crippen LogP contribution in [0.3, 0.4) is 0 Å². The highest BCUT2D eigenvalue weighted by Gasteiger charge is 2.48. The number of hydrogen-bond donors (Lipinski definition) is 1. The van der Waals surface area contributed by atoms with Gasteiger partial charge in [-0.25, -0.2) is 9.80 Å². The van der Waals surface area contributed by atoms with Gasteiger partial charge in [0.05, 0.1) is 17.0 Å². The lowest BCUT2D eigenvalue weighted by atomic mass is 9.78. The number of thiophene rings is 1. The first-order valence-corrected chi connectivity index (χ1v) is 12.3. The summed E-state index contributed by atoms with van der Waals surface area (Å²) in [5.41, 5.74) is 2.49. The third-order valence-corrected chi connectivity index (χ3v) is 7.51. The molecule has 1 aromatic heterocycles. The number of nitrogens with zero attached hydrogens (tertiary/aromatic N) is 2. The molecule has 1 N–H and O–H groups in total. The lowest BCUT2D eigenvalue weighted by molar-refractivity contribution is 0.138. The van der Waals surface area contributed by atoms with E-state index in [4.69, 9.17) is 5.10 Å². The van der Waals surface area contributed by atoms with Crippen LogP contribution in [0.4, 0.5) is 4.79 Å². The number of nitrogens with one attached hydrogen (secondary N) is 1.